The predicted octanol–water partition coefficient (Wildman–Crippen LogP) is 2.56. The average molecular weight is 378 g/mol. The van der Waals surface area contributed by atoms with Crippen molar-refractivity contribution < 1.29 is 23.5 Å². The van der Waals surface area contributed by atoms with Crippen LogP contribution in [0.2, 0.25) is 0 Å². The Morgan fingerprint density at radius 2 is 1.26 bits per heavy atom. The van der Waals surface area contributed by atoms with Crippen LogP contribution in [0.4, 0.5) is 0 Å². The van der Waals surface area contributed by atoms with Gasteiger partial charge in [0.2, 0.25) is 0 Å². The van der Waals surface area contributed by atoms with Crippen LogP contribution in [0.1, 0.15) is 61.6 Å². The van der Waals surface area contributed by atoms with Crippen LogP contribution in [0.15, 0.2) is 16.5 Å². The summed E-state index contributed by atoms with van der Waals surface area (Å²) in [5, 5.41) is 0. The summed E-state index contributed by atoms with van der Waals surface area (Å²) in [6, 6.07) is 3.19. The topological polar surface area (TPSA) is 72.2 Å². The van der Waals surface area contributed by atoms with Crippen LogP contribution < -0.4 is 0 Å². The number of amides is 2. The van der Waals surface area contributed by atoms with Crippen LogP contribution in [-0.4, -0.2) is 72.2 Å². The summed E-state index contributed by atoms with van der Waals surface area (Å²) >= 11 is 0. The molecule has 27 heavy (non-hydrogen) atoms. The van der Waals surface area contributed by atoms with Gasteiger partial charge in [0, 0.05) is 26.2 Å². The van der Waals surface area contributed by atoms with Crippen molar-refractivity contribution in [3.63, 3.8) is 0 Å². The van der Waals surface area contributed by atoms with Gasteiger partial charge in [0.15, 0.2) is 11.5 Å². The highest BCUT2D eigenvalue weighted by Crippen LogP contribution is 2.20. The summed E-state index contributed by atoms with van der Waals surface area (Å²) in [4.78, 5) is 29.1. The van der Waals surface area contributed by atoms with Crippen LogP contribution in [0.5, 0.6) is 0 Å². The molecule has 3 heterocycles. The molecule has 2 saturated heterocycles. The first-order chi connectivity index (χ1) is 12.9. The van der Waals surface area contributed by atoms with Crippen molar-refractivity contribution in [2.24, 2.45) is 0 Å². The monoisotopic (exact) mass is 378 g/mol. The number of carbonyl (C=O) groups is 2. The maximum absolute atomic E-state index is 12.8. The van der Waals surface area contributed by atoms with Crippen molar-refractivity contribution in [2.75, 3.05) is 26.2 Å². The van der Waals surface area contributed by atoms with E-state index in [1.165, 1.54) is 0 Å². The minimum absolute atomic E-state index is 0.00970. The fourth-order valence-electron chi connectivity index (χ4n) is 3.75. The molecule has 2 fully saturated rings. The normalized spacial score (nSPS) is 29.0. The third-order valence-electron chi connectivity index (χ3n) is 5.17. The number of carbonyl (C=O) groups excluding carboxylic acids is 2. The molecule has 0 unspecified atom stereocenters. The number of rotatable bonds is 4. The van der Waals surface area contributed by atoms with E-state index in [-0.39, 0.29) is 47.8 Å². The lowest BCUT2D eigenvalue weighted by Crippen LogP contribution is -2.49. The molecular formula is C20H30N2O5. The quantitative estimate of drug-likeness (QED) is 0.805. The largest absolute Gasteiger partial charge is 0.446 e. The molecule has 0 radical (unpaired) electrons. The Labute approximate surface area is 160 Å². The Morgan fingerprint density at radius 1 is 0.852 bits per heavy atom. The summed E-state index contributed by atoms with van der Waals surface area (Å²) in [6.07, 6.45) is 1.76. The lowest BCUT2D eigenvalue weighted by atomic mass is 10.1. The zero-order chi connectivity index (χ0) is 19.6. The highest BCUT2D eigenvalue weighted by atomic mass is 16.5. The van der Waals surface area contributed by atoms with Crippen LogP contribution >= 0.6 is 0 Å². The summed E-state index contributed by atoms with van der Waals surface area (Å²) in [6.45, 7) is 10.2. The van der Waals surface area contributed by atoms with E-state index in [0.29, 0.717) is 26.2 Å². The Balaban J connectivity index is 1.68. The van der Waals surface area contributed by atoms with E-state index in [1.807, 2.05) is 27.7 Å². The van der Waals surface area contributed by atoms with E-state index in [2.05, 4.69) is 0 Å². The summed E-state index contributed by atoms with van der Waals surface area (Å²) in [5.74, 6) is 0.0279. The van der Waals surface area contributed by atoms with Gasteiger partial charge in [-0.25, -0.2) is 0 Å². The van der Waals surface area contributed by atoms with Gasteiger partial charge in [-0.3, -0.25) is 9.59 Å². The third-order valence-corrected chi connectivity index (χ3v) is 5.17. The third kappa shape index (κ3) is 4.52. The first-order valence-corrected chi connectivity index (χ1v) is 9.90. The molecule has 2 aliphatic heterocycles. The maximum atomic E-state index is 12.8. The molecule has 2 amide bonds. The number of hydrogen-bond donors (Lipinski definition) is 0. The molecule has 0 spiro atoms. The van der Waals surface area contributed by atoms with Gasteiger partial charge in [-0.05, 0) is 38.8 Å². The molecule has 0 aliphatic carbocycles. The summed E-state index contributed by atoms with van der Waals surface area (Å²) in [7, 11) is 0. The van der Waals surface area contributed by atoms with Gasteiger partial charge in [-0.2, -0.15) is 0 Å². The first-order valence-electron chi connectivity index (χ1n) is 9.90. The van der Waals surface area contributed by atoms with E-state index in [1.54, 1.807) is 21.9 Å². The molecule has 4 atom stereocenters. The predicted molar refractivity (Wildman–Crippen MR) is 99.8 cm³/mol. The van der Waals surface area contributed by atoms with Gasteiger partial charge < -0.3 is 23.7 Å². The Kier molecular flexibility index (Phi) is 6.22. The van der Waals surface area contributed by atoms with Crippen LogP contribution in [0.25, 0.3) is 0 Å². The van der Waals surface area contributed by atoms with E-state index >= 15 is 0 Å². The molecule has 3 rings (SSSR count). The van der Waals surface area contributed by atoms with E-state index in [0.717, 1.165) is 12.8 Å². The molecule has 0 aromatic carbocycles. The average Bonchev–Trinajstić information content (AvgIpc) is 3.15. The van der Waals surface area contributed by atoms with Crippen LogP contribution in [-0.2, 0) is 9.47 Å². The van der Waals surface area contributed by atoms with Crippen molar-refractivity contribution in [2.45, 2.75) is 65.0 Å². The number of hydrogen-bond acceptors (Lipinski definition) is 5. The van der Waals surface area contributed by atoms with Gasteiger partial charge in [-0.1, -0.05) is 13.8 Å². The standard InChI is InChI=1S/C20H30N2O5/c1-5-15-11-21(9-13(3)25-15)19(23)17-7-8-18(27-17)20(24)22-10-14(4)26-16(6-2)12-22/h7-8,13-16H,5-6,9-12H2,1-4H3/t13-,14+,15-,16-/m1/s1. The molecule has 1 aromatic rings. The first kappa shape index (κ1) is 19.9. The maximum Gasteiger partial charge on any atom is 0.289 e. The minimum atomic E-state index is -0.190. The van der Waals surface area contributed by atoms with Gasteiger partial charge in [0.25, 0.3) is 11.8 Å². The SMILES string of the molecule is CC[C@@H]1CN(C(=O)c2ccc(C(=O)N3C[C@@H](CC)O[C@@H](C)C3)o2)C[C@@H](C)O1. The molecule has 1 aromatic heterocycles. The molecule has 150 valence electrons. The molecule has 0 bridgehead atoms. The number of furan rings is 1. The fourth-order valence-corrected chi connectivity index (χ4v) is 3.75. The Morgan fingerprint density at radius 3 is 1.63 bits per heavy atom. The molecule has 0 saturated carbocycles. The van der Waals surface area contributed by atoms with Crippen molar-refractivity contribution >= 4 is 11.8 Å². The Bertz CT molecular complexity index is 619. The van der Waals surface area contributed by atoms with Gasteiger partial charge in [0.05, 0.1) is 24.4 Å². The van der Waals surface area contributed by atoms with Gasteiger partial charge >= 0.3 is 0 Å². The Hall–Kier alpha value is -1.86. The second-order valence-electron chi connectivity index (χ2n) is 7.54. The lowest BCUT2D eigenvalue weighted by Gasteiger charge is -2.36. The fraction of sp³-hybridized carbons (Fsp3) is 0.700. The van der Waals surface area contributed by atoms with Crippen LogP contribution in [0, 0.1) is 0 Å². The highest BCUT2D eigenvalue weighted by Gasteiger charge is 2.32. The molecule has 7 nitrogen and oxygen atoms in total. The van der Waals surface area contributed by atoms with Crippen molar-refractivity contribution in [1.29, 1.82) is 0 Å². The number of ether oxygens (including phenoxy) is 2. The number of morpholine rings is 2. The second kappa shape index (κ2) is 8.44. The van der Waals surface area contributed by atoms with E-state index in [9.17, 15) is 9.59 Å². The smallest absolute Gasteiger partial charge is 0.289 e. The molecular weight excluding hydrogens is 348 g/mol. The highest BCUT2D eigenvalue weighted by molar-refractivity contribution is 5.95. The zero-order valence-electron chi connectivity index (χ0n) is 16.6. The zero-order valence-corrected chi connectivity index (χ0v) is 16.6. The second-order valence-corrected chi connectivity index (χ2v) is 7.54. The minimum Gasteiger partial charge on any atom is -0.446 e. The van der Waals surface area contributed by atoms with Crippen molar-refractivity contribution in [3.8, 4) is 0 Å². The van der Waals surface area contributed by atoms with E-state index < -0.39 is 0 Å². The van der Waals surface area contributed by atoms with Crippen LogP contribution in [0.3, 0.4) is 0 Å². The summed E-state index contributed by atoms with van der Waals surface area (Å²) < 4.78 is 17.3. The molecule has 2 aliphatic rings. The lowest BCUT2D eigenvalue weighted by molar-refractivity contribution is -0.0693. The van der Waals surface area contributed by atoms with Gasteiger partial charge in [-0.15, -0.1) is 0 Å². The van der Waals surface area contributed by atoms with Crippen molar-refractivity contribution in [3.05, 3.63) is 23.7 Å². The summed E-state index contributed by atoms with van der Waals surface area (Å²) in [5.41, 5.74) is 0. The number of nitrogens with zero attached hydrogens (tertiary/aromatic N) is 2. The molecule has 0 N–H and O–H groups in total. The van der Waals surface area contributed by atoms with E-state index in [4.69, 9.17) is 13.9 Å². The van der Waals surface area contributed by atoms with Gasteiger partial charge in [0.1, 0.15) is 0 Å². The van der Waals surface area contributed by atoms with Crippen molar-refractivity contribution in [1.82, 2.24) is 9.80 Å². The molecule has 7 heteroatoms.